The maximum atomic E-state index is 12.0. The third-order valence-corrected chi connectivity index (χ3v) is 4.43. The molecular weight excluding hydrogens is 330 g/mol. The summed E-state index contributed by atoms with van der Waals surface area (Å²) in [6, 6.07) is 5.62. The van der Waals surface area contributed by atoms with Gasteiger partial charge in [-0.15, -0.1) is 0 Å². The topological polar surface area (TPSA) is 38.3 Å². The highest BCUT2D eigenvalue weighted by molar-refractivity contribution is 9.10. The van der Waals surface area contributed by atoms with Gasteiger partial charge in [-0.25, -0.2) is 0 Å². The summed E-state index contributed by atoms with van der Waals surface area (Å²) in [5, 5.41) is 3.68. The van der Waals surface area contributed by atoms with Gasteiger partial charge in [0.2, 0.25) is 5.91 Å². The average Bonchev–Trinajstić information content (AvgIpc) is 2.87. The fourth-order valence-corrected chi connectivity index (χ4v) is 2.80. The summed E-state index contributed by atoms with van der Waals surface area (Å²) in [6.07, 6.45) is 1.35. The lowest BCUT2D eigenvalue weighted by Gasteiger charge is -2.19. The zero-order valence-electron chi connectivity index (χ0n) is 10.8. The van der Waals surface area contributed by atoms with Gasteiger partial charge < -0.3 is 10.1 Å². The molecular formula is C14H17BrClNO2. The lowest BCUT2D eigenvalue weighted by Crippen LogP contribution is -2.39. The van der Waals surface area contributed by atoms with E-state index in [1.165, 1.54) is 0 Å². The Labute approximate surface area is 126 Å². The highest BCUT2D eigenvalue weighted by Gasteiger charge is 2.23. The molecule has 1 fully saturated rings. The summed E-state index contributed by atoms with van der Waals surface area (Å²) < 4.78 is 6.24. The molecule has 19 heavy (non-hydrogen) atoms. The van der Waals surface area contributed by atoms with E-state index >= 15 is 0 Å². The zero-order chi connectivity index (χ0) is 13.8. The molecule has 104 valence electrons. The quantitative estimate of drug-likeness (QED) is 0.909. The molecule has 2 rings (SSSR count). The number of carbonyl (C=O) groups is 1. The van der Waals surface area contributed by atoms with Crippen molar-refractivity contribution in [3.8, 4) is 0 Å². The minimum Gasteiger partial charge on any atom is -0.381 e. The number of rotatable bonds is 4. The molecule has 1 heterocycles. The number of benzene rings is 1. The Morgan fingerprint density at radius 2 is 2.42 bits per heavy atom. The summed E-state index contributed by atoms with van der Waals surface area (Å²) in [6.45, 7) is 3.57. The Hall–Kier alpha value is -0.580. The van der Waals surface area contributed by atoms with E-state index in [0.29, 0.717) is 17.4 Å². The molecule has 0 bridgehead atoms. The summed E-state index contributed by atoms with van der Waals surface area (Å²) in [5.41, 5.74) is 0.903. The number of amides is 1. The van der Waals surface area contributed by atoms with Gasteiger partial charge >= 0.3 is 0 Å². The van der Waals surface area contributed by atoms with Crippen LogP contribution in [0.25, 0.3) is 0 Å². The molecule has 5 heteroatoms. The molecule has 1 aliphatic heterocycles. The third kappa shape index (κ3) is 4.20. The third-order valence-electron chi connectivity index (χ3n) is 3.42. The molecule has 3 nitrogen and oxygen atoms in total. The number of hydrogen-bond acceptors (Lipinski definition) is 2. The van der Waals surface area contributed by atoms with Gasteiger partial charge in [0.25, 0.3) is 0 Å². The molecule has 1 amide bonds. The Morgan fingerprint density at radius 1 is 1.63 bits per heavy atom. The average molecular weight is 347 g/mol. The van der Waals surface area contributed by atoms with E-state index in [-0.39, 0.29) is 11.9 Å². The van der Waals surface area contributed by atoms with Gasteiger partial charge in [-0.3, -0.25) is 4.79 Å². The first-order valence-electron chi connectivity index (χ1n) is 6.37. The van der Waals surface area contributed by atoms with Crippen molar-refractivity contribution in [2.75, 3.05) is 13.2 Å². The summed E-state index contributed by atoms with van der Waals surface area (Å²) >= 11 is 9.37. The highest BCUT2D eigenvalue weighted by atomic mass is 79.9. The Bertz CT molecular complexity index is 461. The molecule has 0 unspecified atom stereocenters. The summed E-state index contributed by atoms with van der Waals surface area (Å²) in [5.74, 6) is 0.439. The smallest absolute Gasteiger partial charge is 0.224 e. The van der Waals surface area contributed by atoms with E-state index < -0.39 is 0 Å². The van der Waals surface area contributed by atoms with Crippen LogP contribution in [0.4, 0.5) is 0 Å². The van der Waals surface area contributed by atoms with Crippen molar-refractivity contribution in [1.29, 1.82) is 0 Å². The molecule has 2 atom stereocenters. The Balaban J connectivity index is 1.91. The molecule has 0 aromatic heterocycles. The van der Waals surface area contributed by atoms with E-state index in [0.717, 1.165) is 29.7 Å². The molecule has 1 N–H and O–H groups in total. The fraction of sp³-hybridized carbons (Fsp3) is 0.500. The monoisotopic (exact) mass is 345 g/mol. The molecule has 0 aliphatic carbocycles. The normalized spacial score (nSPS) is 20.3. The van der Waals surface area contributed by atoms with E-state index in [1.54, 1.807) is 6.07 Å². The van der Waals surface area contributed by atoms with Crippen LogP contribution in [0.3, 0.4) is 0 Å². The van der Waals surface area contributed by atoms with Crippen LogP contribution >= 0.6 is 27.5 Å². The second-order valence-corrected chi connectivity index (χ2v) is 6.18. The van der Waals surface area contributed by atoms with Gasteiger partial charge in [0.1, 0.15) is 0 Å². The highest BCUT2D eigenvalue weighted by Crippen LogP contribution is 2.22. The second-order valence-electron chi connectivity index (χ2n) is 4.89. The van der Waals surface area contributed by atoms with Gasteiger partial charge in [0.15, 0.2) is 0 Å². The second kappa shape index (κ2) is 6.73. The number of carbonyl (C=O) groups excluding carboxylic acids is 1. The van der Waals surface area contributed by atoms with Crippen molar-refractivity contribution in [3.05, 3.63) is 33.3 Å². The zero-order valence-corrected chi connectivity index (χ0v) is 13.1. The number of nitrogens with one attached hydrogen (secondary N) is 1. The lowest BCUT2D eigenvalue weighted by molar-refractivity contribution is -0.121. The minimum absolute atomic E-state index is 0.0161. The molecule has 0 saturated carbocycles. The Morgan fingerprint density at radius 3 is 3.11 bits per heavy atom. The van der Waals surface area contributed by atoms with Crippen molar-refractivity contribution in [2.24, 2.45) is 5.92 Å². The number of halogens is 2. The summed E-state index contributed by atoms with van der Waals surface area (Å²) in [4.78, 5) is 12.0. The number of ether oxygens (including phenoxy) is 1. The standard InChI is InChI=1S/C14H17BrClNO2/c1-9(10-4-5-19-8-10)17-14(18)7-11-6-12(16)2-3-13(11)15/h2-3,6,9-10H,4-5,7-8H2,1H3,(H,17,18)/t9-,10-/m1/s1. The number of hydrogen-bond donors (Lipinski definition) is 1. The predicted octanol–water partition coefficient (Wildman–Crippen LogP) is 3.19. The molecule has 0 spiro atoms. The van der Waals surface area contributed by atoms with Crippen LogP contribution in [0.1, 0.15) is 18.9 Å². The first kappa shape index (κ1) is 14.8. The van der Waals surface area contributed by atoms with E-state index in [1.807, 2.05) is 19.1 Å². The van der Waals surface area contributed by atoms with Gasteiger partial charge in [-0.05, 0) is 37.1 Å². The minimum atomic E-state index is 0.0161. The van der Waals surface area contributed by atoms with Crippen LogP contribution in [0, 0.1) is 5.92 Å². The first-order chi connectivity index (χ1) is 9.06. The van der Waals surface area contributed by atoms with Crippen LogP contribution in [-0.2, 0) is 16.0 Å². The summed E-state index contributed by atoms with van der Waals surface area (Å²) in [7, 11) is 0. The van der Waals surface area contributed by atoms with Crippen LogP contribution < -0.4 is 5.32 Å². The fourth-order valence-electron chi connectivity index (χ4n) is 2.22. The molecule has 1 saturated heterocycles. The molecule has 0 radical (unpaired) electrons. The predicted molar refractivity (Wildman–Crippen MR) is 79.4 cm³/mol. The van der Waals surface area contributed by atoms with Crippen molar-refractivity contribution >= 4 is 33.4 Å². The molecule has 1 aromatic carbocycles. The SMILES string of the molecule is C[C@@H](NC(=O)Cc1cc(Cl)ccc1Br)[C@@H]1CCOC1. The lowest BCUT2D eigenvalue weighted by atomic mass is 10.0. The largest absolute Gasteiger partial charge is 0.381 e. The van der Waals surface area contributed by atoms with Gasteiger partial charge in [-0.2, -0.15) is 0 Å². The van der Waals surface area contributed by atoms with E-state index in [2.05, 4.69) is 21.2 Å². The van der Waals surface area contributed by atoms with E-state index in [9.17, 15) is 4.79 Å². The van der Waals surface area contributed by atoms with Crippen molar-refractivity contribution in [1.82, 2.24) is 5.32 Å². The maximum Gasteiger partial charge on any atom is 0.224 e. The van der Waals surface area contributed by atoms with Crippen LogP contribution in [0.5, 0.6) is 0 Å². The van der Waals surface area contributed by atoms with Crippen LogP contribution in [-0.4, -0.2) is 25.2 Å². The maximum absolute atomic E-state index is 12.0. The van der Waals surface area contributed by atoms with Gasteiger partial charge in [0.05, 0.1) is 13.0 Å². The van der Waals surface area contributed by atoms with Crippen LogP contribution in [0.15, 0.2) is 22.7 Å². The Kier molecular flexibility index (Phi) is 5.25. The van der Waals surface area contributed by atoms with Gasteiger partial charge in [0, 0.05) is 28.1 Å². The molecule has 1 aromatic rings. The van der Waals surface area contributed by atoms with Gasteiger partial charge in [-0.1, -0.05) is 27.5 Å². The van der Waals surface area contributed by atoms with Crippen molar-refractivity contribution in [3.63, 3.8) is 0 Å². The van der Waals surface area contributed by atoms with Crippen LogP contribution in [0.2, 0.25) is 5.02 Å². The molecule has 1 aliphatic rings. The van der Waals surface area contributed by atoms with Crippen molar-refractivity contribution < 1.29 is 9.53 Å². The van der Waals surface area contributed by atoms with E-state index in [4.69, 9.17) is 16.3 Å². The van der Waals surface area contributed by atoms with Crippen molar-refractivity contribution in [2.45, 2.75) is 25.8 Å². The first-order valence-corrected chi connectivity index (χ1v) is 7.54.